The number of rotatable bonds is 5. The van der Waals surface area contributed by atoms with Gasteiger partial charge in [0.15, 0.2) is 0 Å². The summed E-state index contributed by atoms with van der Waals surface area (Å²) in [4.78, 5) is 2.63. The van der Waals surface area contributed by atoms with Gasteiger partial charge in [0, 0.05) is 25.2 Å². The SMILES string of the molecule is CC1(C)CCCC1NC1CCN(CCc2ccccc2)C1. The van der Waals surface area contributed by atoms with Gasteiger partial charge in [-0.25, -0.2) is 0 Å². The molecular weight excluding hydrogens is 256 g/mol. The summed E-state index contributed by atoms with van der Waals surface area (Å²) in [6.45, 7) is 8.56. The monoisotopic (exact) mass is 286 g/mol. The summed E-state index contributed by atoms with van der Waals surface area (Å²) in [6.07, 6.45) is 6.65. The summed E-state index contributed by atoms with van der Waals surface area (Å²) in [5.41, 5.74) is 1.96. The van der Waals surface area contributed by atoms with Gasteiger partial charge in [-0.15, -0.1) is 0 Å². The van der Waals surface area contributed by atoms with Crippen LogP contribution in [0.1, 0.15) is 45.1 Å². The van der Waals surface area contributed by atoms with Gasteiger partial charge in [0.25, 0.3) is 0 Å². The lowest BCUT2D eigenvalue weighted by molar-refractivity contribution is 0.255. The molecule has 3 rings (SSSR count). The molecule has 1 aromatic rings. The van der Waals surface area contributed by atoms with Gasteiger partial charge in [0.2, 0.25) is 0 Å². The van der Waals surface area contributed by atoms with Crippen LogP contribution >= 0.6 is 0 Å². The maximum atomic E-state index is 3.95. The highest BCUT2D eigenvalue weighted by Gasteiger charge is 2.36. The first-order chi connectivity index (χ1) is 10.1. The molecule has 1 saturated heterocycles. The van der Waals surface area contributed by atoms with Gasteiger partial charge in [-0.05, 0) is 43.2 Å². The maximum absolute atomic E-state index is 3.95. The third-order valence-electron chi connectivity index (χ3n) is 5.53. The van der Waals surface area contributed by atoms with Crippen molar-refractivity contribution in [1.82, 2.24) is 10.2 Å². The first-order valence-electron chi connectivity index (χ1n) is 8.66. The van der Waals surface area contributed by atoms with E-state index in [1.165, 1.54) is 57.3 Å². The second-order valence-corrected chi connectivity index (χ2v) is 7.62. The molecule has 116 valence electrons. The van der Waals surface area contributed by atoms with Crippen LogP contribution in [-0.4, -0.2) is 36.6 Å². The third-order valence-corrected chi connectivity index (χ3v) is 5.53. The number of likely N-dealkylation sites (tertiary alicyclic amines) is 1. The van der Waals surface area contributed by atoms with Crippen LogP contribution in [0.15, 0.2) is 30.3 Å². The molecule has 1 aromatic carbocycles. The van der Waals surface area contributed by atoms with E-state index in [1.54, 1.807) is 0 Å². The average molecular weight is 286 g/mol. The molecule has 1 heterocycles. The van der Waals surface area contributed by atoms with E-state index in [2.05, 4.69) is 54.4 Å². The van der Waals surface area contributed by atoms with E-state index in [-0.39, 0.29) is 0 Å². The molecule has 2 fully saturated rings. The zero-order chi connectivity index (χ0) is 14.7. The molecule has 0 spiro atoms. The highest BCUT2D eigenvalue weighted by Crippen LogP contribution is 2.37. The first kappa shape index (κ1) is 15.1. The Morgan fingerprint density at radius 3 is 2.71 bits per heavy atom. The zero-order valence-electron chi connectivity index (χ0n) is 13.6. The average Bonchev–Trinajstić information content (AvgIpc) is 3.05. The van der Waals surface area contributed by atoms with E-state index in [0.29, 0.717) is 11.5 Å². The second-order valence-electron chi connectivity index (χ2n) is 7.62. The minimum absolute atomic E-state index is 0.497. The molecule has 2 heteroatoms. The minimum atomic E-state index is 0.497. The Kier molecular flexibility index (Phi) is 4.66. The third kappa shape index (κ3) is 3.87. The molecule has 1 N–H and O–H groups in total. The van der Waals surface area contributed by atoms with Crippen molar-refractivity contribution in [3.05, 3.63) is 35.9 Å². The molecule has 1 saturated carbocycles. The van der Waals surface area contributed by atoms with E-state index >= 15 is 0 Å². The van der Waals surface area contributed by atoms with Gasteiger partial charge in [-0.3, -0.25) is 0 Å². The standard InChI is InChI=1S/C19H30N2/c1-19(2)12-6-9-18(19)20-17-11-14-21(15-17)13-10-16-7-4-3-5-8-16/h3-5,7-8,17-18,20H,6,9-15H2,1-2H3. The molecule has 1 aliphatic carbocycles. The summed E-state index contributed by atoms with van der Waals surface area (Å²) < 4.78 is 0. The van der Waals surface area contributed by atoms with Gasteiger partial charge < -0.3 is 10.2 Å². The normalized spacial score (nSPS) is 29.0. The van der Waals surface area contributed by atoms with Crippen molar-refractivity contribution >= 4 is 0 Å². The Balaban J connectivity index is 1.43. The molecule has 0 amide bonds. The molecule has 0 aromatic heterocycles. The van der Waals surface area contributed by atoms with E-state index in [1.807, 2.05) is 0 Å². The molecule has 2 atom stereocenters. The van der Waals surface area contributed by atoms with Crippen molar-refractivity contribution in [2.45, 2.75) is 58.0 Å². The minimum Gasteiger partial charge on any atom is -0.309 e. The molecule has 21 heavy (non-hydrogen) atoms. The number of benzene rings is 1. The predicted octanol–water partition coefficient (Wildman–Crippen LogP) is 3.47. The Morgan fingerprint density at radius 2 is 2.00 bits per heavy atom. The maximum Gasteiger partial charge on any atom is 0.0210 e. The Bertz CT molecular complexity index is 440. The second kappa shape index (κ2) is 6.50. The van der Waals surface area contributed by atoms with Crippen LogP contribution in [0.2, 0.25) is 0 Å². The lowest BCUT2D eigenvalue weighted by Gasteiger charge is -2.30. The zero-order valence-corrected chi connectivity index (χ0v) is 13.6. The van der Waals surface area contributed by atoms with Crippen LogP contribution in [0.4, 0.5) is 0 Å². The fourth-order valence-electron chi connectivity index (χ4n) is 4.02. The van der Waals surface area contributed by atoms with Crippen molar-refractivity contribution in [3.63, 3.8) is 0 Å². The molecule has 1 aliphatic heterocycles. The summed E-state index contributed by atoms with van der Waals surface area (Å²) in [5.74, 6) is 0. The fourth-order valence-corrected chi connectivity index (χ4v) is 4.02. The summed E-state index contributed by atoms with van der Waals surface area (Å²) in [6, 6.07) is 12.3. The predicted molar refractivity (Wildman–Crippen MR) is 89.5 cm³/mol. The smallest absolute Gasteiger partial charge is 0.0210 e. The van der Waals surface area contributed by atoms with Crippen LogP contribution in [0.3, 0.4) is 0 Å². The molecular formula is C19H30N2. The van der Waals surface area contributed by atoms with Crippen molar-refractivity contribution in [1.29, 1.82) is 0 Å². The van der Waals surface area contributed by atoms with Gasteiger partial charge in [0.05, 0.1) is 0 Å². The Hall–Kier alpha value is -0.860. The highest BCUT2D eigenvalue weighted by molar-refractivity contribution is 5.15. The van der Waals surface area contributed by atoms with E-state index in [4.69, 9.17) is 0 Å². The molecule has 2 aliphatic rings. The van der Waals surface area contributed by atoms with Crippen molar-refractivity contribution in [3.8, 4) is 0 Å². The van der Waals surface area contributed by atoms with Crippen LogP contribution in [0.5, 0.6) is 0 Å². The highest BCUT2D eigenvalue weighted by atomic mass is 15.2. The summed E-state index contributed by atoms with van der Waals surface area (Å²) >= 11 is 0. The Morgan fingerprint density at radius 1 is 1.19 bits per heavy atom. The van der Waals surface area contributed by atoms with Crippen molar-refractivity contribution in [2.24, 2.45) is 5.41 Å². The molecule has 2 unspecified atom stereocenters. The topological polar surface area (TPSA) is 15.3 Å². The van der Waals surface area contributed by atoms with Crippen molar-refractivity contribution < 1.29 is 0 Å². The molecule has 0 radical (unpaired) electrons. The number of hydrogen-bond acceptors (Lipinski definition) is 2. The van der Waals surface area contributed by atoms with E-state index in [9.17, 15) is 0 Å². The van der Waals surface area contributed by atoms with Crippen LogP contribution in [0, 0.1) is 5.41 Å². The van der Waals surface area contributed by atoms with Gasteiger partial charge in [-0.2, -0.15) is 0 Å². The summed E-state index contributed by atoms with van der Waals surface area (Å²) in [5, 5.41) is 3.95. The first-order valence-corrected chi connectivity index (χ1v) is 8.66. The molecule has 2 nitrogen and oxygen atoms in total. The fraction of sp³-hybridized carbons (Fsp3) is 0.684. The van der Waals surface area contributed by atoms with Crippen LogP contribution in [0.25, 0.3) is 0 Å². The Labute approximate surface area is 129 Å². The van der Waals surface area contributed by atoms with E-state index in [0.717, 1.165) is 6.04 Å². The molecule has 0 bridgehead atoms. The number of nitrogens with one attached hydrogen (secondary N) is 1. The summed E-state index contributed by atoms with van der Waals surface area (Å²) in [7, 11) is 0. The van der Waals surface area contributed by atoms with Gasteiger partial charge >= 0.3 is 0 Å². The van der Waals surface area contributed by atoms with Crippen molar-refractivity contribution in [2.75, 3.05) is 19.6 Å². The largest absolute Gasteiger partial charge is 0.309 e. The van der Waals surface area contributed by atoms with Gasteiger partial charge in [0.1, 0.15) is 0 Å². The van der Waals surface area contributed by atoms with Gasteiger partial charge in [-0.1, -0.05) is 50.6 Å². The lowest BCUT2D eigenvalue weighted by atomic mass is 9.87. The lowest BCUT2D eigenvalue weighted by Crippen LogP contribution is -2.45. The van der Waals surface area contributed by atoms with E-state index < -0.39 is 0 Å². The van der Waals surface area contributed by atoms with Crippen LogP contribution < -0.4 is 5.32 Å². The number of nitrogens with zero attached hydrogens (tertiary/aromatic N) is 1. The number of hydrogen-bond donors (Lipinski definition) is 1. The quantitative estimate of drug-likeness (QED) is 0.891. The van der Waals surface area contributed by atoms with Crippen LogP contribution in [-0.2, 0) is 6.42 Å².